The molecular weight excluding hydrogens is 761 g/mol. The fraction of sp³-hybridized carbons (Fsp3) is 0.302. The van der Waals surface area contributed by atoms with Crippen LogP contribution in [-0.2, 0) is 37.2 Å². The normalized spacial score (nSPS) is 16.3. The Morgan fingerprint density at radius 2 is 1.50 bits per heavy atom. The molecule has 2 heterocycles. The number of fused-ring (bicyclic) bond motifs is 1. The fourth-order valence-corrected chi connectivity index (χ4v) is 8.81. The van der Waals surface area contributed by atoms with Crippen molar-refractivity contribution < 1.29 is 36.7 Å². The van der Waals surface area contributed by atoms with Crippen LogP contribution in [0.3, 0.4) is 0 Å². The number of benzene rings is 4. The third kappa shape index (κ3) is 10.5. The molecule has 0 radical (unpaired) electrons. The van der Waals surface area contributed by atoms with Gasteiger partial charge in [0.15, 0.2) is 27.2 Å². The molecule has 58 heavy (non-hydrogen) atoms. The second kappa shape index (κ2) is 19.2. The van der Waals surface area contributed by atoms with Crippen molar-refractivity contribution in [3.8, 4) is 0 Å². The molecule has 302 valence electrons. The average Bonchev–Trinajstić information content (AvgIpc) is 3.90. The number of rotatable bonds is 18. The number of para-hydroxylation sites is 2. The number of aryl methyl sites for hydroxylation is 1. The highest BCUT2D eigenvalue weighted by Crippen LogP contribution is 2.32. The lowest BCUT2D eigenvalue weighted by Gasteiger charge is -2.29. The molecule has 1 aliphatic rings. The largest absolute Gasteiger partial charge is 0.445 e. The molecule has 0 unspecified atom stereocenters. The molecule has 15 heteroatoms. The number of nitrogens with zero attached hydrogens (tertiary/aromatic N) is 3. The zero-order valence-electron chi connectivity index (χ0n) is 31.8. The maximum atomic E-state index is 14.7. The summed E-state index contributed by atoms with van der Waals surface area (Å²) >= 11 is 0. The summed E-state index contributed by atoms with van der Waals surface area (Å²) in [5.74, 6) is -2.96. The van der Waals surface area contributed by atoms with Crippen molar-refractivity contribution in [1.82, 2.24) is 15.2 Å². The number of aliphatic imine (C=N–C) groups is 1. The quantitative estimate of drug-likeness (QED) is 0.0463. The Bertz CT molecular complexity index is 2300. The number of aromatic nitrogens is 1. The minimum atomic E-state index is -4.03. The number of likely N-dealkylation sites (tertiary alicyclic amines) is 1. The van der Waals surface area contributed by atoms with E-state index in [1.807, 2.05) is 48.5 Å². The molecule has 1 saturated heterocycles. The maximum absolute atomic E-state index is 14.7. The molecule has 0 bridgehead atoms. The number of carbonyl (C=O) groups excluding carboxylic acids is 4. The SMILES string of the molecule is NC(N)=NCCC[C@H](CC(=O)[C@@H]1C[C@@H](S(=O)(=O)c2ccccc2)CN1C(=O)[C@@H](CCc1ccccc1)NC(=O)OCc1ccccc1)C(=O)c1nc2ccccc2o1. The smallest absolute Gasteiger partial charge is 0.408 e. The summed E-state index contributed by atoms with van der Waals surface area (Å²) < 4.78 is 39.3. The zero-order valence-corrected chi connectivity index (χ0v) is 32.6. The minimum Gasteiger partial charge on any atom is -0.445 e. The summed E-state index contributed by atoms with van der Waals surface area (Å²) in [6, 6.07) is 30.7. The second-order valence-electron chi connectivity index (χ2n) is 14.2. The van der Waals surface area contributed by atoms with Crippen LogP contribution in [0.1, 0.15) is 53.9 Å². The van der Waals surface area contributed by atoms with E-state index in [-0.39, 0.29) is 62.1 Å². The number of nitrogens with one attached hydrogen (secondary N) is 1. The van der Waals surface area contributed by atoms with Gasteiger partial charge in [0.25, 0.3) is 5.89 Å². The number of Topliss-reactive ketones (excluding diaryl/α,β-unsaturated/α-hetero) is 2. The summed E-state index contributed by atoms with van der Waals surface area (Å²) in [4.78, 5) is 66.1. The number of ketones is 2. The van der Waals surface area contributed by atoms with Gasteiger partial charge >= 0.3 is 6.09 Å². The molecule has 2 amide bonds. The monoisotopic (exact) mass is 806 g/mol. The Balaban J connectivity index is 1.29. The van der Waals surface area contributed by atoms with E-state index < -0.39 is 56.7 Å². The molecule has 4 aromatic carbocycles. The highest BCUT2D eigenvalue weighted by atomic mass is 32.2. The Hall–Kier alpha value is -6.35. The lowest BCUT2D eigenvalue weighted by Crippen LogP contribution is -2.52. The van der Waals surface area contributed by atoms with Gasteiger partial charge in [0.1, 0.15) is 18.2 Å². The predicted octanol–water partition coefficient (Wildman–Crippen LogP) is 5.01. The summed E-state index contributed by atoms with van der Waals surface area (Å²) in [7, 11) is -4.03. The molecule has 0 saturated carbocycles. The summed E-state index contributed by atoms with van der Waals surface area (Å²) in [5.41, 5.74) is 13.5. The Kier molecular flexibility index (Phi) is 13.7. The van der Waals surface area contributed by atoms with Crippen molar-refractivity contribution in [2.75, 3.05) is 13.1 Å². The molecule has 6 rings (SSSR count). The van der Waals surface area contributed by atoms with Crippen molar-refractivity contribution >= 4 is 50.5 Å². The van der Waals surface area contributed by atoms with Crippen LogP contribution in [0, 0.1) is 5.92 Å². The number of alkyl carbamates (subject to hydrolysis) is 1. The van der Waals surface area contributed by atoms with Crippen LogP contribution in [-0.4, -0.2) is 78.3 Å². The molecule has 0 aliphatic carbocycles. The van der Waals surface area contributed by atoms with Crippen molar-refractivity contribution in [2.45, 2.75) is 67.4 Å². The van der Waals surface area contributed by atoms with Crippen molar-refractivity contribution in [3.05, 3.63) is 132 Å². The van der Waals surface area contributed by atoms with E-state index in [0.717, 1.165) is 11.1 Å². The van der Waals surface area contributed by atoms with Crippen LogP contribution in [0.5, 0.6) is 0 Å². The number of ether oxygens (including phenoxy) is 1. The average molecular weight is 807 g/mol. The van der Waals surface area contributed by atoms with Gasteiger partial charge < -0.3 is 30.8 Å². The van der Waals surface area contributed by atoms with Gasteiger partial charge in [-0.25, -0.2) is 18.2 Å². The summed E-state index contributed by atoms with van der Waals surface area (Å²) in [5, 5.41) is 1.54. The van der Waals surface area contributed by atoms with Gasteiger partial charge in [-0.2, -0.15) is 0 Å². The Morgan fingerprint density at radius 1 is 0.862 bits per heavy atom. The lowest BCUT2D eigenvalue weighted by atomic mass is 9.89. The molecule has 4 atom stereocenters. The van der Waals surface area contributed by atoms with Gasteiger partial charge in [-0.1, -0.05) is 91.0 Å². The first-order valence-corrected chi connectivity index (χ1v) is 20.6. The van der Waals surface area contributed by atoms with Gasteiger partial charge in [-0.15, -0.1) is 0 Å². The molecule has 1 aliphatic heterocycles. The van der Waals surface area contributed by atoms with Crippen LogP contribution >= 0.6 is 0 Å². The van der Waals surface area contributed by atoms with Crippen LogP contribution < -0.4 is 16.8 Å². The van der Waals surface area contributed by atoms with E-state index >= 15 is 0 Å². The van der Waals surface area contributed by atoms with E-state index in [9.17, 15) is 27.6 Å². The van der Waals surface area contributed by atoms with Crippen molar-refractivity contribution in [3.63, 3.8) is 0 Å². The third-order valence-corrected chi connectivity index (χ3v) is 12.3. The number of hydrogen-bond donors (Lipinski definition) is 3. The number of oxazole rings is 1. The Labute approximate surface area is 336 Å². The highest BCUT2D eigenvalue weighted by molar-refractivity contribution is 7.92. The number of guanidine groups is 1. The summed E-state index contributed by atoms with van der Waals surface area (Å²) in [6.45, 7) is -0.176. The maximum Gasteiger partial charge on any atom is 0.408 e. The van der Waals surface area contributed by atoms with Crippen LogP contribution in [0.25, 0.3) is 11.1 Å². The van der Waals surface area contributed by atoms with E-state index in [1.54, 1.807) is 54.6 Å². The van der Waals surface area contributed by atoms with Gasteiger partial charge in [0, 0.05) is 25.4 Å². The molecular formula is C43H46N6O8S. The fourth-order valence-electron chi connectivity index (χ4n) is 7.10. The zero-order chi connectivity index (χ0) is 41.1. The number of hydrogen-bond acceptors (Lipinski definition) is 10. The minimum absolute atomic E-state index is 0.0484. The van der Waals surface area contributed by atoms with E-state index in [1.165, 1.54) is 17.0 Å². The number of sulfone groups is 1. The van der Waals surface area contributed by atoms with Gasteiger partial charge in [-0.05, 0) is 67.5 Å². The van der Waals surface area contributed by atoms with Crippen molar-refractivity contribution in [1.29, 1.82) is 0 Å². The van der Waals surface area contributed by atoms with Crippen molar-refractivity contribution in [2.24, 2.45) is 22.4 Å². The Morgan fingerprint density at radius 3 is 2.17 bits per heavy atom. The van der Waals surface area contributed by atoms with Crippen LogP contribution in [0.15, 0.2) is 130 Å². The van der Waals surface area contributed by atoms with Crippen LogP contribution in [0.2, 0.25) is 0 Å². The second-order valence-corrected chi connectivity index (χ2v) is 16.4. The first kappa shape index (κ1) is 41.3. The topological polar surface area (TPSA) is 217 Å². The molecule has 1 fully saturated rings. The third-order valence-electron chi connectivity index (χ3n) is 10.1. The van der Waals surface area contributed by atoms with Gasteiger partial charge in [0.2, 0.25) is 11.7 Å². The van der Waals surface area contributed by atoms with E-state index in [2.05, 4.69) is 15.3 Å². The highest BCUT2D eigenvalue weighted by Gasteiger charge is 2.47. The van der Waals surface area contributed by atoms with Gasteiger partial charge in [0.05, 0.1) is 16.2 Å². The number of amides is 2. The first-order chi connectivity index (χ1) is 28.0. The standard InChI is InChI=1S/C43H46N6O8S/c44-42(45)46-24-12-17-31(39(51)40-47-34-20-10-11-21-38(34)57-40)25-37(50)36-26-33(58(54,55)32-18-8-3-9-19-32)27-49(36)41(52)35(23-22-29-13-4-1-5-14-29)48-43(53)56-28-30-15-6-2-7-16-30/h1-11,13-16,18-21,31,33,35-36H,12,17,22-28H2,(H,48,53)(H4,44,45,46)/t31-,33-,35-,36+/m1/s1. The first-order valence-electron chi connectivity index (χ1n) is 19.1. The predicted molar refractivity (Wildman–Crippen MR) is 217 cm³/mol. The van der Waals surface area contributed by atoms with E-state index in [4.69, 9.17) is 20.6 Å². The molecule has 5 aromatic rings. The molecule has 5 N–H and O–H groups in total. The molecule has 1 aromatic heterocycles. The lowest BCUT2D eigenvalue weighted by molar-refractivity contribution is -0.139. The summed E-state index contributed by atoms with van der Waals surface area (Å²) in [6.07, 6.45) is -0.421. The van der Waals surface area contributed by atoms with Crippen LogP contribution in [0.4, 0.5) is 4.79 Å². The molecule has 0 spiro atoms. The van der Waals surface area contributed by atoms with Gasteiger partial charge in [-0.3, -0.25) is 19.4 Å². The molecule has 14 nitrogen and oxygen atoms in total. The number of carbonyl (C=O) groups is 4. The number of nitrogens with two attached hydrogens (primary N) is 2. The van der Waals surface area contributed by atoms with E-state index in [0.29, 0.717) is 23.9 Å².